The van der Waals surface area contributed by atoms with Gasteiger partial charge in [-0.15, -0.1) is 0 Å². The Hall–Kier alpha value is -2.43. The molecule has 3 rings (SSSR count). The molecule has 1 atom stereocenters. The van der Waals surface area contributed by atoms with Gasteiger partial charge in [0.05, 0.1) is 11.6 Å². The second kappa shape index (κ2) is 6.77. The Balaban J connectivity index is 1.94. The first kappa shape index (κ1) is 15.5. The molecular formula is C18H21N3O2. The lowest BCUT2D eigenvalue weighted by molar-refractivity contribution is 0.0680. The van der Waals surface area contributed by atoms with Crippen LogP contribution in [0.15, 0.2) is 47.7 Å². The van der Waals surface area contributed by atoms with Crippen LogP contribution in [0.3, 0.4) is 0 Å². The molecule has 0 saturated carbocycles. The minimum atomic E-state index is -0.108. The van der Waals surface area contributed by atoms with Gasteiger partial charge in [-0.2, -0.15) is 0 Å². The van der Waals surface area contributed by atoms with E-state index in [9.17, 15) is 9.59 Å². The number of carbonyl (C=O) groups excluding carboxylic acids is 1. The molecule has 1 aliphatic heterocycles. The molecule has 0 aliphatic carbocycles. The zero-order valence-electron chi connectivity index (χ0n) is 13.3. The average Bonchev–Trinajstić information content (AvgIpc) is 2.83. The van der Waals surface area contributed by atoms with Gasteiger partial charge in [0.25, 0.3) is 5.91 Å². The fraction of sp³-hybridized carbons (Fsp3) is 0.389. The predicted molar refractivity (Wildman–Crippen MR) is 88.2 cm³/mol. The quantitative estimate of drug-likeness (QED) is 0.856. The molecule has 1 aliphatic rings. The van der Waals surface area contributed by atoms with Crippen molar-refractivity contribution in [3.05, 3.63) is 64.3 Å². The van der Waals surface area contributed by atoms with Crippen LogP contribution in [0.2, 0.25) is 0 Å². The Labute approximate surface area is 135 Å². The molecule has 1 amide bonds. The number of amides is 1. The first-order valence-corrected chi connectivity index (χ1v) is 8.04. The number of aryl methyl sites for hydroxylation is 1. The number of pyridine rings is 2. The largest absolute Gasteiger partial charge is 0.332 e. The van der Waals surface area contributed by atoms with Crippen LogP contribution in [-0.2, 0) is 7.05 Å². The Morgan fingerprint density at radius 1 is 1.13 bits per heavy atom. The molecular weight excluding hydrogens is 290 g/mol. The molecule has 0 N–H and O–H groups in total. The van der Waals surface area contributed by atoms with Crippen LogP contribution in [0.5, 0.6) is 0 Å². The summed E-state index contributed by atoms with van der Waals surface area (Å²) in [5.41, 5.74) is 1.58. The maximum Gasteiger partial charge on any atom is 0.255 e. The van der Waals surface area contributed by atoms with Crippen molar-refractivity contribution < 1.29 is 4.79 Å². The molecule has 1 unspecified atom stereocenters. The molecule has 3 heterocycles. The lowest BCUT2D eigenvalue weighted by Gasteiger charge is -2.30. The standard InChI is InChI=1S/C18H21N3O2/c1-20-13-15(6-7-17(20)22)18(23)21-12-4-2-3-5-16(21)14-8-10-19-11-9-14/h6-11,13,16H,2-5,12H2,1H3. The van der Waals surface area contributed by atoms with Crippen molar-refractivity contribution in [2.24, 2.45) is 7.05 Å². The summed E-state index contributed by atoms with van der Waals surface area (Å²) in [7, 11) is 1.67. The van der Waals surface area contributed by atoms with Crippen LogP contribution in [0.4, 0.5) is 0 Å². The maximum absolute atomic E-state index is 13.0. The second-order valence-electron chi connectivity index (χ2n) is 6.01. The third kappa shape index (κ3) is 3.33. The number of hydrogen-bond donors (Lipinski definition) is 0. The predicted octanol–water partition coefficient (Wildman–Crippen LogP) is 2.54. The van der Waals surface area contributed by atoms with Gasteiger partial charge >= 0.3 is 0 Å². The number of likely N-dealkylation sites (tertiary alicyclic amines) is 1. The summed E-state index contributed by atoms with van der Waals surface area (Å²) in [6.45, 7) is 0.745. The summed E-state index contributed by atoms with van der Waals surface area (Å²) in [5, 5.41) is 0. The number of nitrogens with zero attached hydrogens (tertiary/aromatic N) is 3. The SMILES string of the molecule is Cn1cc(C(=O)N2CCCCCC2c2ccncc2)ccc1=O. The third-order valence-corrected chi connectivity index (χ3v) is 4.44. The highest BCUT2D eigenvalue weighted by Gasteiger charge is 2.27. The van der Waals surface area contributed by atoms with Crippen molar-refractivity contribution in [2.45, 2.75) is 31.7 Å². The van der Waals surface area contributed by atoms with Crippen molar-refractivity contribution in [3.8, 4) is 0 Å². The van der Waals surface area contributed by atoms with Crippen molar-refractivity contribution in [1.82, 2.24) is 14.5 Å². The topological polar surface area (TPSA) is 55.2 Å². The van der Waals surface area contributed by atoms with Gasteiger partial charge < -0.3 is 9.47 Å². The minimum absolute atomic E-state index is 0.00990. The van der Waals surface area contributed by atoms with Gasteiger partial charge in [0.1, 0.15) is 0 Å². The van der Waals surface area contributed by atoms with E-state index in [0.717, 1.165) is 37.8 Å². The Morgan fingerprint density at radius 2 is 1.91 bits per heavy atom. The van der Waals surface area contributed by atoms with E-state index in [4.69, 9.17) is 0 Å². The summed E-state index contributed by atoms with van der Waals surface area (Å²) in [5.74, 6) is -0.00990. The first-order chi connectivity index (χ1) is 11.2. The fourth-order valence-electron chi connectivity index (χ4n) is 3.17. The number of hydrogen-bond acceptors (Lipinski definition) is 3. The molecule has 0 spiro atoms. The molecule has 1 fully saturated rings. The fourth-order valence-corrected chi connectivity index (χ4v) is 3.17. The van der Waals surface area contributed by atoms with Crippen molar-refractivity contribution in [1.29, 1.82) is 0 Å². The van der Waals surface area contributed by atoms with Crippen molar-refractivity contribution in [3.63, 3.8) is 0 Å². The highest BCUT2D eigenvalue weighted by atomic mass is 16.2. The van der Waals surface area contributed by atoms with Gasteiger partial charge in [0.2, 0.25) is 5.56 Å². The lowest BCUT2D eigenvalue weighted by Crippen LogP contribution is -2.35. The van der Waals surface area contributed by atoms with Crippen molar-refractivity contribution in [2.75, 3.05) is 6.54 Å². The van der Waals surface area contributed by atoms with Crippen LogP contribution in [-0.4, -0.2) is 26.9 Å². The molecule has 0 aromatic carbocycles. The average molecular weight is 311 g/mol. The van der Waals surface area contributed by atoms with Crippen LogP contribution < -0.4 is 5.56 Å². The van der Waals surface area contributed by atoms with Crippen LogP contribution in [0.1, 0.15) is 47.6 Å². The van der Waals surface area contributed by atoms with E-state index in [2.05, 4.69) is 4.98 Å². The number of rotatable bonds is 2. The van der Waals surface area contributed by atoms with E-state index in [0.29, 0.717) is 5.56 Å². The van der Waals surface area contributed by atoms with Gasteiger partial charge in [0, 0.05) is 38.2 Å². The Kier molecular flexibility index (Phi) is 4.55. The lowest BCUT2D eigenvalue weighted by atomic mass is 10.0. The molecule has 5 nitrogen and oxygen atoms in total. The highest BCUT2D eigenvalue weighted by molar-refractivity contribution is 5.94. The Bertz CT molecular complexity index is 739. The highest BCUT2D eigenvalue weighted by Crippen LogP contribution is 2.30. The summed E-state index contributed by atoms with van der Waals surface area (Å²) < 4.78 is 1.45. The second-order valence-corrected chi connectivity index (χ2v) is 6.01. The molecule has 2 aromatic heterocycles. The van der Waals surface area contributed by atoms with Gasteiger partial charge in [-0.25, -0.2) is 0 Å². The van der Waals surface area contributed by atoms with Crippen LogP contribution in [0.25, 0.3) is 0 Å². The van der Waals surface area contributed by atoms with Crippen LogP contribution >= 0.6 is 0 Å². The van der Waals surface area contributed by atoms with Gasteiger partial charge in [-0.05, 0) is 36.6 Å². The zero-order valence-corrected chi connectivity index (χ0v) is 13.3. The number of carbonyl (C=O) groups is 1. The van der Waals surface area contributed by atoms with E-state index in [1.807, 2.05) is 17.0 Å². The molecule has 23 heavy (non-hydrogen) atoms. The Morgan fingerprint density at radius 3 is 2.65 bits per heavy atom. The monoisotopic (exact) mass is 311 g/mol. The summed E-state index contributed by atoms with van der Waals surface area (Å²) in [6, 6.07) is 7.12. The number of aromatic nitrogens is 2. The molecule has 0 radical (unpaired) electrons. The van der Waals surface area contributed by atoms with Crippen LogP contribution in [0, 0.1) is 0 Å². The van der Waals surface area contributed by atoms with E-state index in [1.165, 1.54) is 10.6 Å². The van der Waals surface area contributed by atoms with E-state index in [1.54, 1.807) is 31.7 Å². The minimum Gasteiger partial charge on any atom is -0.332 e. The smallest absolute Gasteiger partial charge is 0.255 e. The molecule has 120 valence electrons. The summed E-state index contributed by atoms with van der Waals surface area (Å²) in [6.07, 6.45) is 9.40. The molecule has 0 bridgehead atoms. The normalized spacial score (nSPS) is 18.5. The van der Waals surface area contributed by atoms with Gasteiger partial charge in [-0.1, -0.05) is 12.8 Å². The van der Waals surface area contributed by atoms with Gasteiger partial charge in [-0.3, -0.25) is 14.6 Å². The van der Waals surface area contributed by atoms with Gasteiger partial charge in [0.15, 0.2) is 0 Å². The summed E-state index contributed by atoms with van der Waals surface area (Å²) in [4.78, 5) is 30.6. The molecule has 1 saturated heterocycles. The van der Waals surface area contributed by atoms with E-state index < -0.39 is 0 Å². The summed E-state index contributed by atoms with van der Waals surface area (Å²) >= 11 is 0. The molecule has 2 aromatic rings. The maximum atomic E-state index is 13.0. The van der Waals surface area contributed by atoms with Crippen molar-refractivity contribution >= 4 is 5.91 Å². The first-order valence-electron chi connectivity index (χ1n) is 8.04. The third-order valence-electron chi connectivity index (χ3n) is 4.44. The van der Waals surface area contributed by atoms with E-state index >= 15 is 0 Å². The molecule has 5 heteroatoms. The zero-order chi connectivity index (χ0) is 16.2. The van der Waals surface area contributed by atoms with E-state index in [-0.39, 0.29) is 17.5 Å².